The summed E-state index contributed by atoms with van der Waals surface area (Å²) < 4.78 is 17.3. The lowest BCUT2D eigenvalue weighted by atomic mass is 10.0. The Labute approximate surface area is 152 Å². The number of esters is 1. The molecule has 1 saturated heterocycles. The summed E-state index contributed by atoms with van der Waals surface area (Å²) in [5.74, 6) is -1.04. The van der Waals surface area contributed by atoms with E-state index < -0.39 is 43.4 Å². The molecule has 0 aromatic heterocycles. The first-order valence-electron chi connectivity index (χ1n) is 6.73. The number of ether oxygens (including phenoxy) is 1. The number of alkyl halides is 2. The molecule has 1 fully saturated rings. The lowest BCUT2D eigenvalue weighted by Crippen LogP contribution is -2.73. The number of carbonyl (C=O) groups is 3. The second kappa shape index (κ2) is 6.64. The Morgan fingerprint density at radius 3 is 2.57 bits per heavy atom. The third-order valence-electron chi connectivity index (χ3n) is 3.26. The number of carbonyl (C=O) groups excluding carboxylic acids is 3. The molecule has 0 radical (unpaired) electrons. The van der Waals surface area contributed by atoms with Gasteiger partial charge in [0.25, 0.3) is 5.91 Å². The number of nitrogens with one attached hydrogen (secondary N) is 1. The SMILES string of the molecule is CC(C)(C)OC(=O)C1=C(C(Br)Br)C[S@](=O)[C@@H]2[C@H](NC=O)C(=O)N12. The van der Waals surface area contributed by atoms with Crippen LogP contribution < -0.4 is 5.32 Å². The predicted molar refractivity (Wildman–Crippen MR) is 91.1 cm³/mol. The summed E-state index contributed by atoms with van der Waals surface area (Å²) in [5.41, 5.74) is -0.173. The van der Waals surface area contributed by atoms with Crippen molar-refractivity contribution in [3.05, 3.63) is 11.3 Å². The number of rotatable bonds is 4. The van der Waals surface area contributed by atoms with Gasteiger partial charge < -0.3 is 10.1 Å². The molecule has 0 saturated carbocycles. The number of halogens is 2. The van der Waals surface area contributed by atoms with Crippen LogP contribution in [0.25, 0.3) is 0 Å². The van der Waals surface area contributed by atoms with Crippen molar-refractivity contribution in [1.82, 2.24) is 10.2 Å². The van der Waals surface area contributed by atoms with Crippen molar-refractivity contribution in [3.63, 3.8) is 0 Å². The van der Waals surface area contributed by atoms with Crippen molar-refractivity contribution in [2.75, 3.05) is 5.75 Å². The van der Waals surface area contributed by atoms with Crippen LogP contribution >= 0.6 is 31.9 Å². The largest absolute Gasteiger partial charge is 0.455 e. The summed E-state index contributed by atoms with van der Waals surface area (Å²) in [4.78, 5) is 36.6. The molecular weight excluding hydrogens is 456 g/mol. The quantitative estimate of drug-likeness (QED) is 0.282. The Morgan fingerprint density at radius 2 is 2.09 bits per heavy atom. The maximum Gasteiger partial charge on any atom is 0.355 e. The summed E-state index contributed by atoms with van der Waals surface area (Å²) >= 11 is 6.59. The summed E-state index contributed by atoms with van der Waals surface area (Å²) in [6, 6.07) is -0.878. The molecule has 0 aromatic carbocycles. The Hall–Kier alpha value is -0.740. The second-order valence-corrected chi connectivity index (χ2v) is 10.7. The van der Waals surface area contributed by atoms with E-state index in [9.17, 15) is 18.6 Å². The van der Waals surface area contributed by atoms with E-state index in [1.54, 1.807) is 20.8 Å². The van der Waals surface area contributed by atoms with Crippen LogP contribution in [0, 0.1) is 0 Å². The summed E-state index contributed by atoms with van der Waals surface area (Å²) in [7, 11) is -1.43. The predicted octanol–water partition coefficient (Wildman–Crippen LogP) is 0.743. The molecule has 0 unspecified atom stereocenters. The summed E-state index contributed by atoms with van der Waals surface area (Å²) in [6.07, 6.45) is 0.390. The van der Waals surface area contributed by atoms with Gasteiger partial charge in [0.2, 0.25) is 6.41 Å². The molecule has 23 heavy (non-hydrogen) atoms. The van der Waals surface area contributed by atoms with Gasteiger partial charge in [-0.15, -0.1) is 0 Å². The van der Waals surface area contributed by atoms with Gasteiger partial charge >= 0.3 is 5.97 Å². The highest BCUT2D eigenvalue weighted by Gasteiger charge is 2.57. The highest BCUT2D eigenvalue weighted by atomic mass is 79.9. The normalized spacial score (nSPS) is 27.5. The zero-order chi connectivity index (χ0) is 17.5. The number of fused-ring (bicyclic) bond motifs is 1. The highest BCUT2D eigenvalue weighted by molar-refractivity contribution is 9.24. The monoisotopic (exact) mass is 470 g/mol. The minimum atomic E-state index is -1.43. The average molecular weight is 472 g/mol. The van der Waals surface area contributed by atoms with Gasteiger partial charge in [0.1, 0.15) is 22.7 Å². The van der Waals surface area contributed by atoms with Crippen LogP contribution in [0.1, 0.15) is 20.8 Å². The van der Waals surface area contributed by atoms with Crippen LogP contribution in [0.15, 0.2) is 11.3 Å². The third kappa shape index (κ3) is 3.53. The fourth-order valence-corrected chi connectivity index (χ4v) is 5.29. The maximum absolute atomic E-state index is 12.5. The number of hydrogen-bond acceptors (Lipinski definition) is 5. The summed E-state index contributed by atoms with van der Waals surface area (Å²) in [6.45, 7) is 5.16. The van der Waals surface area contributed by atoms with E-state index in [1.165, 1.54) is 4.90 Å². The van der Waals surface area contributed by atoms with Gasteiger partial charge in [-0.1, -0.05) is 31.9 Å². The van der Waals surface area contributed by atoms with Crippen molar-refractivity contribution >= 4 is 60.9 Å². The van der Waals surface area contributed by atoms with E-state index in [0.29, 0.717) is 12.0 Å². The van der Waals surface area contributed by atoms with Gasteiger partial charge in [-0.25, -0.2) is 4.79 Å². The molecule has 2 aliphatic rings. The van der Waals surface area contributed by atoms with Gasteiger partial charge in [-0.3, -0.25) is 18.7 Å². The molecule has 0 aromatic rings. The van der Waals surface area contributed by atoms with Crippen molar-refractivity contribution in [2.45, 2.75) is 41.5 Å². The van der Waals surface area contributed by atoms with Crippen molar-refractivity contribution < 1.29 is 23.3 Å². The zero-order valence-corrected chi connectivity index (χ0v) is 16.7. The molecule has 3 atom stereocenters. The summed E-state index contributed by atoms with van der Waals surface area (Å²) in [5, 5.41) is 1.60. The molecule has 2 rings (SSSR count). The number of hydrogen-bond donors (Lipinski definition) is 1. The maximum atomic E-state index is 12.5. The zero-order valence-electron chi connectivity index (χ0n) is 12.7. The molecule has 1 N–H and O–H groups in total. The first-order chi connectivity index (χ1) is 10.6. The number of amides is 2. The van der Waals surface area contributed by atoms with Gasteiger partial charge in [-0.05, 0) is 26.3 Å². The molecule has 0 aliphatic carbocycles. The smallest absolute Gasteiger partial charge is 0.355 e. The van der Waals surface area contributed by atoms with Gasteiger partial charge in [0.05, 0.1) is 20.3 Å². The Bertz CT molecular complexity index is 614. The lowest BCUT2D eigenvalue weighted by Gasteiger charge is -2.49. The fourth-order valence-electron chi connectivity index (χ4n) is 2.38. The minimum Gasteiger partial charge on any atom is -0.455 e. The minimum absolute atomic E-state index is 0.0808. The van der Waals surface area contributed by atoms with Gasteiger partial charge in [0.15, 0.2) is 0 Å². The van der Waals surface area contributed by atoms with Crippen LogP contribution in [-0.4, -0.2) is 53.9 Å². The van der Waals surface area contributed by atoms with Crippen molar-refractivity contribution in [1.29, 1.82) is 0 Å². The Morgan fingerprint density at radius 1 is 1.48 bits per heavy atom. The third-order valence-corrected chi connectivity index (χ3v) is 5.98. The molecule has 2 heterocycles. The number of nitrogens with zero attached hydrogens (tertiary/aromatic N) is 1. The van der Waals surface area contributed by atoms with E-state index >= 15 is 0 Å². The molecule has 10 heteroatoms. The molecule has 0 spiro atoms. The van der Waals surface area contributed by atoms with E-state index in [2.05, 4.69) is 37.2 Å². The molecule has 2 aliphatic heterocycles. The van der Waals surface area contributed by atoms with Crippen LogP contribution in [0.3, 0.4) is 0 Å². The van der Waals surface area contributed by atoms with Crippen molar-refractivity contribution in [3.8, 4) is 0 Å². The first kappa shape index (κ1) is 18.6. The standard InChI is InChI=1S/C13H16Br2N2O5S/c1-13(2,3)22-12(20)8-6(9(14)15)4-23(21)11-7(16-5-18)10(19)17(8)11/h5,7,9,11H,4H2,1-3H3,(H,16,18)/t7-,11-,23+/m1/s1. The molecule has 2 amide bonds. The first-order valence-corrected chi connectivity index (χ1v) is 9.94. The van der Waals surface area contributed by atoms with Crippen LogP contribution in [0.4, 0.5) is 0 Å². The van der Waals surface area contributed by atoms with Gasteiger partial charge in [0, 0.05) is 0 Å². The lowest BCUT2D eigenvalue weighted by molar-refractivity contribution is -0.158. The van der Waals surface area contributed by atoms with Crippen LogP contribution in [0.2, 0.25) is 0 Å². The van der Waals surface area contributed by atoms with E-state index in [1.807, 2.05) is 0 Å². The highest BCUT2D eigenvalue weighted by Crippen LogP contribution is 2.39. The van der Waals surface area contributed by atoms with E-state index in [4.69, 9.17) is 4.74 Å². The van der Waals surface area contributed by atoms with Crippen molar-refractivity contribution in [2.24, 2.45) is 0 Å². The molecule has 0 bridgehead atoms. The molecule has 7 nitrogen and oxygen atoms in total. The van der Waals surface area contributed by atoms with E-state index in [-0.39, 0.29) is 11.4 Å². The van der Waals surface area contributed by atoms with E-state index in [0.717, 1.165) is 0 Å². The Kier molecular flexibility index (Phi) is 5.37. The van der Waals surface area contributed by atoms with Crippen LogP contribution in [-0.2, 0) is 29.9 Å². The van der Waals surface area contributed by atoms with Gasteiger partial charge in [-0.2, -0.15) is 0 Å². The average Bonchev–Trinajstić information content (AvgIpc) is 2.41. The second-order valence-electron chi connectivity index (χ2n) is 6.06. The number of β-lactam (4-membered cyclic amide) rings is 1. The fraction of sp³-hybridized carbons (Fsp3) is 0.615. The Balaban J connectivity index is 2.43. The van der Waals surface area contributed by atoms with Crippen LogP contribution in [0.5, 0.6) is 0 Å². The molecular formula is C13H16Br2N2O5S. The molecule has 128 valence electrons. The topological polar surface area (TPSA) is 92.8 Å².